The minimum Gasteiger partial charge on any atom is -0.476 e. The van der Waals surface area contributed by atoms with Gasteiger partial charge in [-0.3, -0.25) is 19.7 Å². The number of nitro benzene ring substituents is 1. The molecule has 0 atom stereocenters. The lowest BCUT2D eigenvalue weighted by molar-refractivity contribution is -0.385. The number of nitrogens with one attached hydrogen (secondary N) is 1. The molecule has 0 aliphatic carbocycles. The summed E-state index contributed by atoms with van der Waals surface area (Å²) in [7, 11) is 0. The van der Waals surface area contributed by atoms with Crippen LogP contribution in [-0.4, -0.2) is 33.3 Å². The molecular formula is C27H22Br2FN5O5. The third-order valence-corrected chi connectivity index (χ3v) is 6.58. The number of benzene rings is 3. The van der Waals surface area contributed by atoms with Crippen LogP contribution in [0.5, 0.6) is 5.75 Å². The Morgan fingerprint density at radius 1 is 1.20 bits per heavy atom. The van der Waals surface area contributed by atoms with E-state index < -0.39 is 39.9 Å². The van der Waals surface area contributed by atoms with Crippen LogP contribution < -0.4 is 15.6 Å². The van der Waals surface area contributed by atoms with E-state index in [1.807, 2.05) is 20.8 Å². The Hall–Kier alpha value is -3.97. The molecule has 0 saturated heterocycles. The first kappa shape index (κ1) is 29.0. The minimum absolute atomic E-state index is 0.179. The molecule has 0 spiro atoms. The molecule has 0 aliphatic rings. The van der Waals surface area contributed by atoms with E-state index in [2.05, 4.69) is 47.3 Å². The second kappa shape index (κ2) is 11.6. The highest BCUT2D eigenvalue weighted by atomic mass is 79.9. The van der Waals surface area contributed by atoms with Crippen LogP contribution in [0.3, 0.4) is 0 Å². The number of anilines is 1. The summed E-state index contributed by atoms with van der Waals surface area (Å²) in [5.41, 5.74) is -0.353. The van der Waals surface area contributed by atoms with Gasteiger partial charge in [0.1, 0.15) is 11.6 Å². The molecule has 0 fully saturated rings. The fourth-order valence-corrected chi connectivity index (χ4v) is 4.66. The molecule has 3 aromatic carbocycles. The van der Waals surface area contributed by atoms with Gasteiger partial charge in [0.05, 0.1) is 26.5 Å². The van der Waals surface area contributed by atoms with Crippen molar-refractivity contribution in [2.24, 2.45) is 5.10 Å². The summed E-state index contributed by atoms with van der Waals surface area (Å²) in [6, 6.07) is 13.2. The van der Waals surface area contributed by atoms with E-state index in [0.717, 1.165) is 6.07 Å². The summed E-state index contributed by atoms with van der Waals surface area (Å²) >= 11 is 6.63. The largest absolute Gasteiger partial charge is 0.476 e. The van der Waals surface area contributed by atoms with Gasteiger partial charge in [0, 0.05) is 27.2 Å². The van der Waals surface area contributed by atoms with Gasteiger partial charge in [0.15, 0.2) is 6.61 Å². The molecule has 1 N–H and O–H groups in total. The van der Waals surface area contributed by atoms with Gasteiger partial charge >= 0.3 is 5.69 Å². The second-order valence-electron chi connectivity index (χ2n) is 9.66. The zero-order valence-electron chi connectivity index (χ0n) is 21.4. The molecule has 0 saturated carbocycles. The molecule has 1 amide bonds. The quantitative estimate of drug-likeness (QED) is 0.142. The zero-order chi connectivity index (χ0) is 29.2. The molecule has 0 bridgehead atoms. The first-order chi connectivity index (χ1) is 18.8. The zero-order valence-corrected chi connectivity index (χ0v) is 24.6. The minimum atomic E-state index is -0.663. The van der Waals surface area contributed by atoms with E-state index >= 15 is 0 Å². The van der Waals surface area contributed by atoms with E-state index in [9.17, 15) is 24.1 Å². The smallest absolute Gasteiger partial charge is 0.312 e. The Balaban J connectivity index is 1.66. The normalized spacial score (nSPS) is 11.7. The number of nitrogens with zero attached hydrogens (tertiary/aromatic N) is 4. The highest BCUT2D eigenvalue weighted by Crippen LogP contribution is 2.36. The van der Waals surface area contributed by atoms with E-state index in [4.69, 9.17) is 4.74 Å². The van der Waals surface area contributed by atoms with E-state index in [0.29, 0.717) is 21.2 Å². The lowest BCUT2D eigenvalue weighted by Gasteiger charge is -2.20. The van der Waals surface area contributed by atoms with Gasteiger partial charge < -0.3 is 10.1 Å². The van der Waals surface area contributed by atoms with Crippen molar-refractivity contribution in [3.63, 3.8) is 0 Å². The Bertz CT molecular complexity index is 1730. The van der Waals surface area contributed by atoms with Gasteiger partial charge in [0.2, 0.25) is 5.75 Å². The number of ether oxygens (including phenoxy) is 1. The van der Waals surface area contributed by atoms with E-state index in [1.165, 1.54) is 41.2 Å². The summed E-state index contributed by atoms with van der Waals surface area (Å²) < 4.78 is 20.9. The fourth-order valence-electron chi connectivity index (χ4n) is 3.72. The van der Waals surface area contributed by atoms with Crippen molar-refractivity contribution in [3.8, 4) is 5.75 Å². The standard InChI is InChI=1S/C27H22Br2FN5O5/c1-27(2,3)26-33-21-8-7-16(28)11-19(21)25(37)34(26)31-13-15-9-20(29)24(22(10-15)35(38)39)40-14-23(36)32-18-6-4-5-17(30)12-18/h4-13H,14H2,1-3H3,(H,32,36). The average molecular weight is 675 g/mol. The number of aromatic nitrogens is 2. The van der Waals surface area contributed by atoms with Crippen molar-refractivity contribution < 1.29 is 18.8 Å². The summed E-state index contributed by atoms with van der Waals surface area (Å²) in [5.74, 6) is -0.941. The Morgan fingerprint density at radius 2 is 1.95 bits per heavy atom. The molecule has 4 aromatic rings. The molecule has 40 heavy (non-hydrogen) atoms. The molecule has 10 nitrogen and oxygen atoms in total. The van der Waals surface area contributed by atoms with Crippen molar-refractivity contribution in [2.45, 2.75) is 26.2 Å². The molecule has 1 heterocycles. The topological polar surface area (TPSA) is 129 Å². The number of rotatable bonds is 7. The highest BCUT2D eigenvalue weighted by Gasteiger charge is 2.24. The van der Waals surface area contributed by atoms with Crippen LogP contribution in [0.4, 0.5) is 15.8 Å². The summed E-state index contributed by atoms with van der Waals surface area (Å²) in [6.45, 7) is 5.11. The predicted octanol–water partition coefficient (Wildman–Crippen LogP) is 6.17. The Morgan fingerprint density at radius 3 is 2.62 bits per heavy atom. The van der Waals surface area contributed by atoms with Crippen molar-refractivity contribution >= 4 is 66.3 Å². The number of hydrogen-bond acceptors (Lipinski definition) is 7. The monoisotopic (exact) mass is 673 g/mol. The van der Waals surface area contributed by atoms with Crippen molar-refractivity contribution in [1.82, 2.24) is 9.66 Å². The number of hydrogen-bond donors (Lipinski definition) is 1. The van der Waals surface area contributed by atoms with Gasteiger partial charge in [-0.15, -0.1) is 0 Å². The molecule has 0 unspecified atom stereocenters. The maximum Gasteiger partial charge on any atom is 0.312 e. The number of nitro groups is 1. The van der Waals surface area contributed by atoms with Crippen molar-refractivity contribution in [3.05, 3.63) is 101 Å². The molecule has 1 aromatic heterocycles. The first-order valence-electron chi connectivity index (χ1n) is 11.8. The predicted molar refractivity (Wildman–Crippen MR) is 157 cm³/mol. The van der Waals surface area contributed by atoms with Crippen LogP contribution in [0.15, 0.2) is 73.4 Å². The van der Waals surface area contributed by atoms with Crippen LogP contribution in [0.25, 0.3) is 10.9 Å². The summed E-state index contributed by atoms with van der Waals surface area (Å²) in [6.07, 6.45) is 1.31. The van der Waals surface area contributed by atoms with Gasteiger partial charge in [-0.25, -0.2) is 9.37 Å². The first-order valence-corrected chi connectivity index (χ1v) is 13.4. The summed E-state index contributed by atoms with van der Waals surface area (Å²) in [5, 5.41) is 19.0. The van der Waals surface area contributed by atoms with Gasteiger partial charge in [-0.2, -0.15) is 9.78 Å². The van der Waals surface area contributed by atoms with Crippen LogP contribution in [0.1, 0.15) is 32.2 Å². The van der Waals surface area contributed by atoms with Crippen molar-refractivity contribution in [2.75, 3.05) is 11.9 Å². The molecular weight excluding hydrogens is 653 g/mol. The Kier molecular flexibility index (Phi) is 8.45. The molecule has 13 heteroatoms. The summed E-state index contributed by atoms with van der Waals surface area (Å²) in [4.78, 5) is 41.4. The van der Waals surface area contributed by atoms with Gasteiger partial charge in [0.25, 0.3) is 11.5 Å². The number of carbonyl (C=O) groups is 1. The van der Waals surface area contributed by atoms with Gasteiger partial charge in [-0.1, -0.05) is 42.8 Å². The lowest BCUT2D eigenvalue weighted by atomic mass is 9.95. The molecule has 4 rings (SSSR count). The number of fused-ring (bicyclic) bond motifs is 1. The maximum absolute atomic E-state index is 13.4. The second-order valence-corrected chi connectivity index (χ2v) is 11.4. The molecule has 206 valence electrons. The SMILES string of the molecule is CC(C)(C)c1nc2ccc(Br)cc2c(=O)n1N=Cc1cc(Br)c(OCC(=O)Nc2cccc(F)c2)c([N+](=O)[O-])c1. The highest BCUT2D eigenvalue weighted by molar-refractivity contribution is 9.10. The van der Waals surface area contributed by atoms with E-state index in [1.54, 1.807) is 18.2 Å². The third-order valence-electron chi connectivity index (χ3n) is 5.50. The van der Waals surface area contributed by atoms with E-state index in [-0.39, 0.29) is 21.5 Å². The van der Waals surface area contributed by atoms with Crippen molar-refractivity contribution in [1.29, 1.82) is 0 Å². The van der Waals surface area contributed by atoms with Gasteiger partial charge in [-0.05, 0) is 58.4 Å². The van der Waals surface area contributed by atoms with Crippen LogP contribution in [-0.2, 0) is 10.2 Å². The number of halogens is 3. The Labute approximate surface area is 244 Å². The number of amides is 1. The maximum atomic E-state index is 13.4. The van der Waals surface area contributed by atoms with Crippen LogP contribution in [0, 0.1) is 15.9 Å². The molecule has 0 aliphatic heterocycles. The van der Waals surface area contributed by atoms with Crippen LogP contribution in [0.2, 0.25) is 0 Å². The third kappa shape index (κ3) is 6.59. The lowest BCUT2D eigenvalue weighted by Crippen LogP contribution is -2.29. The fraction of sp³-hybridized carbons (Fsp3) is 0.185. The average Bonchev–Trinajstić information content (AvgIpc) is 2.86. The van der Waals surface area contributed by atoms with Crippen LogP contribution >= 0.6 is 31.9 Å². The molecule has 0 radical (unpaired) electrons. The number of carbonyl (C=O) groups excluding carboxylic acids is 1.